The molecule has 1 aromatic heterocycles. The highest BCUT2D eigenvalue weighted by Gasteiger charge is 2.22. The second kappa shape index (κ2) is 6.05. The van der Waals surface area contributed by atoms with Gasteiger partial charge in [-0.05, 0) is 5.56 Å². The maximum Gasteiger partial charge on any atom is 0.291 e. The van der Waals surface area contributed by atoms with Crippen molar-refractivity contribution in [3.8, 4) is 0 Å². The monoisotopic (exact) mass is 288 g/mol. The molecule has 0 aliphatic carbocycles. The number of aromatic amines is 1. The molecule has 2 rings (SSSR count). The minimum absolute atomic E-state index is 0.0781. The molecule has 0 saturated heterocycles. The summed E-state index contributed by atoms with van der Waals surface area (Å²) in [6, 6.07) is 8.81. The van der Waals surface area contributed by atoms with Gasteiger partial charge in [0.25, 0.3) is 5.91 Å². The molecule has 1 heterocycles. The Morgan fingerprint density at radius 2 is 2.00 bits per heavy atom. The fraction of sp³-hybridized carbons (Fsp3) is 0.400. The van der Waals surface area contributed by atoms with E-state index in [1.54, 1.807) is 0 Å². The van der Waals surface area contributed by atoms with E-state index < -0.39 is 11.9 Å². The number of carbonyl (C=O) groups is 1. The van der Waals surface area contributed by atoms with Crippen molar-refractivity contribution < 1.29 is 9.90 Å². The highest BCUT2D eigenvalue weighted by atomic mass is 16.3. The zero-order valence-electron chi connectivity index (χ0n) is 12.4. The number of rotatable bonds is 4. The number of amides is 1. The van der Waals surface area contributed by atoms with Crippen LogP contribution in [0.5, 0.6) is 0 Å². The summed E-state index contributed by atoms with van der Waals surface area (Å²) in [7, 11) is 0. The maximum absolute atomic E-state index is 12.2. The van der Waals surface area contributed by atoms with Crippen LogP contribution in [-0.2, 0) is 5.41 Å². The van der Waals surface area contributed by atoms with Gasteiger partial charge in [0, 0.05) is 5.41 Å². The predicted molar refractivity (Wildman–Crippen MR) is 78.8 cm³/mol. The van der Waals surface area contributed by atoms with Gasteiger partial charge in [-0.3, -0.25) is 9.89 Å². The van der Waals surface area contributed by atoms with Crippen LogP contribution in [-0.4, -0.2) is 32.8 Å². The highest BCUT2D eigenvalue weighted by molar-refractivity contribution is 5.90. The number of carbonyl (C=O) groups excluding carboxylic acids is 1. The lowest BCUT2D eigenvalue weighted by Gasteiger charge is -2.15. The summed E-state index contributed by atoms with van der Waals surface area (Å²) in [5, 5.41) is 18.9. The Kier molecular flexibility index (Phi) is 4.37. The summed E-state index contributed by atoms with van der Waals surface area (Å²) in [5.74, 6) is 0.312. The van der Waals surface area contributed by atoms with E-state index in [-0.39, 0.29) is 17.8 Å². The number of aliphatic hydroxyl groups excluding tert-OH is 1. The fourth-order valence-corrected chi connectivity index (χ4v) is 1.84. The van der Waals surface area contributed by atoms with Crippen molar-refractivity contribution in [3.63, 3.8) is 0 Å². The molecule has 6 heteroatoms. The Hall–Kier alpha value is -2.21. The van der Waals surface area contributed by atoms with Gasteiger partial charge < -0.3 is 10.4 Å². The molecule has 1 aromatic carbocycles. The molecule has 0 unspecified atom stereocenters. The molecule has 0 spiro atoms. The van der Waals surface area contributed by atoms with Gasteiger partial charge in [-0.2, -0.15) is 0 Å². The van der Waals surface area contributed by atoms with Gasteiger partial charge >= 0.3 is 0 Å². The second-order valence-electron chi connectivity index (χ2n) is 5.88. The lowest BCUT2D eigenvalue weighted by atomic mass is 9.96. The van der Waals surface area contributed by atoms with Gasteiger partial charge in [-0.25, -0.2) is 4.98 Å². The minimum Gasteiger partial charge on any atom is -0.394 e. The molecule has 1 atom stereocenters. The SMILES string of the molecule is CC(C)(C)c1nc(C(=O)N[C@H](CO)c2ccccc2)n[nH]1. The lowest BCUT2D eigenvalue weighted by Crippen LogP contribution is -2.31. The van der Waals surface area contributed by atoms with Crippen molar-refractivity contribution in [2.24, 2.45) is 0 Å². The Balaban J connectivity index is 2.12. The number of benzene rings is 1. The van der Waals surface area contributed by atoms with Crippen LogP contribution in [0.2, 0.25) is 0 Å². The molecule has 0 bridgehead atoms. The molecule has 0 aliphatic heterocycles. The van der Waals surface area contributed by atoms with Crippen LogP contribution in [0.3, 0.4) is 0 Å². The van der Waals surface area contributed by atoms with Crippen LogP contribution in [0, 0.1) is 0 Å². The largest absolute Gasteiger partial charge is 0.394 e. The summed E-state index contributed by atoms with van der Waals surface area (Å²) < 4.78 is 0. The Bertz CT molecular complexity index is 602. The molecule has 1 amide bonds. The molecule has 3 N–H and O–H groups in total. The smallest absolute Gasteiger partial charge is 0.291 e. The maximum atomic E-state index is 12.2. The second-order valence-corrected chi connectivity index (χ2v) is 5.88. The van der Waals surface area contributed by atoms with Gasteiger partial charge in [0.2, 0.25) is 5.82 Å². The lowest BCUT2D eigenvalue weighted by molar-refractivity contribution is 0.0906. The third kappa shape index (κ3) is 3.66. The van der Waals surface area contributed by atoms with Crippen molar-refractivity contribution >= 4 is 5.91 Å². The van der Waals surface area contributed by atoms with Gasteiger partial charge in [0.1, 0.15) is 5.82 Å². The summed E-state index contributed by atoms with van der Waals surface area (Å²) in [6.45, 7) is 5.76. The van der Waals surface area contributed by atoms with Crippen LogP contribution in [0.1, 0.15) is 48.8 Å². The molecular weight excluding hydrogens is 268 g/mol. The topological polar surface area (TPSA) is 90.9 Å². The number of nitrogens with zero attached hydrogens (tertiary/aromatic N) is 2. The van der Waals surface area contributed by atoms with Crippen LogP contribution in [0.15, 0.2) is 30.3 Å². The first kappa shape index (κ1) is 15.2. The number of hydrogen-bond acceptors (Lipinski definition) is 4. The predicted octanol–water partition coefficient (Wildman–Crippen LogP) is 1.57. The third-order valence-electron chi connectivity index (χ3n) is 3.09. The summed E-state index contributed by atoms with van der Waals surface area (Å²) in [6.07, 6.45) is 0. The first-order valence-electron chi connectivity index (χ1n) is 6.81. The Morgan fingerprint density at radius 3 is 2.52 bits per heavy atom. The van der Waals surface area contributed by atoms with Crippen LogP contribution in [0.25, 0.3) is 0 Å². The van der Waals surface area contributed by atoms with Crippen molar-refractivity contribution in [2.45, 2.75) is 32.2 Å². The van der Waals surface area contributed by atoms with Gasteiger partial charge in [-0.1, -0.05) is 51.1 Å². The van der Waals surface area contributed by atoms with E-state index in [9.17, 15) is 9.90 Å². The minimum atomic E-state index is -0.477. The normalized spacial score (nSPS) is 13.0. The summed E-state index contributed by atoms with van der Waals surface area (Å²) >= 11 is 0. The number of hydrogen-bond donors (Lipinski definition) is 3. The van der Waals surface area contributed by atoms with Crippen LogP contribution >= 0.6 is 0 Å². The van der Waals surface area contributed by atoms with Gasteiger partial charge in [0.05, 0.1) is 12.6 Å². The summed E-state index contributed by atoms with van der Waals surface area (Å²) in [5.41, 5.74) is 0.626. The standard InChI is InChI=1S/C15H20N4O2/c1-15(2,3)14-17-12(18-19-14)13(21)16-11(9-20)10-7-5-4-6-8-10/h4-8,11,20H,9H2,1-3H3,(H,16,21)(H,17,18,19)/t11-/m1/s1. The average molecular weight is 288 g/mol. The van der Waals surface area contributed by atoms with E-state index in [1.165, 1.54) is 0 Å². The van der Waals surface area contributed by atoms with Crippen molar-refractivity contribution in [1.29, 1.82) is 0 Å². The van der Waals surface area contributed by atoms with E-state index in [0.29, 0.717) is 5.82 Å². The molecule has 2 aromatic rings. The average Bonchev–Trinajstić information content (AvgIpc) is 2.95. The molecule has 0 aliphatic rings. The molecule has 0 radical (unpaired) electrons. The van der Waals surface area contributed by atoms with E-state index in [4.69, 9.17) is 0 Å². The number of nitrogens with one attached hydrogen (secondary N) is 2. The Morgan fingerprint density at radius 1 is 1.33 bits per heavy atom. The van der Waals surface area contributed by atoms with Crippen LogP contribution < -0.4 is 5.32 Å². The number of aliphatic hydroxyl groups is 1. The van der Waals surface area contributed by atoms with Crippen molar-refractivity contribution in [1.82, 2.24) is 20.5 Å². The molecule has 112 valence electrons. The fourth-order valence-electron chi connectivity index (χ4n) is 1.84. The van der Waals surface area contributed by atoms with Crippen LogP contribution in [0.4, 0.5) is 0 Å². The quantitative estimate of drug-likeness (QED) is 0.796. The highest BCUT2D eigenvalue weighted by Crippen LogP contribution is 2.17. The Labute approximate surface area is 123 Å². The van der Waals surface area contributed by atoms with E-state index in [1.807, 2.05) is 51.1 Å². The van der Waals surface area contributed by atoms with E-state index >= 15 is 0 Å². The zero-order valence-corrected chi connectivity index (χ0v) is 12.4. The van der Waals surface area contributed by atoms with Crippen molar-refractivity contribution in [2.75, 3.05) is 6.61 Å². The van der Waals surface area contributed by atoms with E-state index in [2.05, 4.69) is 20.5 Å². The number of aromatic nitrogens is 3. The van der Waals surface area contributed by atoms with Gasteiger partial charge in [0.15, 0.2) is 0 Å². The third-order valence-corrected chi connectivity index (χ3v) is 3.09. The van der Waals surface area contributed by atoms with E-state index in [0.717, 1.165) is 5.56 Å². The first-order chi connectivity index (χ1) is 9.91. The first-order valence-corrected chi connectivity index (χ1v) is 6.81. The number of H-pyrrole nitrogens is 1. The van der Waals surface area contributed by atoms with Gasteiger partial charge in [-0.15, -0.1) is 5.10 Å². The molecule has 0 saturated carbocycles. The molecule has 21 heavy (non-hydrogen) atoms. The summed E-state index contributed by atoms with van der Waals surface area (Å²) in [4.78, 5) is 16.4. The molecule has 0 fully saturated rings. The molecule has 6 nitrogen and oxygen atoms in total. The molecular formula is C15H20N4O2. The van der Waals surface area contributed by atoms with Crippen molar-refractivity contribution in [3.05, 3.63) is 47.5 Å². The zero-order chi connectivity index (χ0) is 15.5.